The second-order valence-corrected chi connectivity index (χ2v) is 14.8. The average Bonchev–Trinajstić information content (AvgIpc) is 3.64. The molecule has 0 aliphatic heterocycles. The summed E-state index contributed by atoms with van der Waals surface area (Å²) in [7, 11) is 0. The predicted octanol–water partition coefficient (Wildman–Crippen LogP) is 15.5. The molecule has 0 spiro atoms. The molecule has 0 saturated carbocycles. The van der Waals surface area contributed by atoms with E-state index in [9.17, 15) is 0 Å². The number of hydrogen-bond acceptors (Lipinski definition) is 3. The molecule has 0 bridgehead atoms. The molecule has 0 radical (unpaired) electrons. The Morgan fingerprint density at radius 2 is 0.782 bits per heavy atom. The normalized spacial score (nSPS) is 11.3. The first-order valence-corrected chi connectivity index (χ1v) is 19.5. The molecule has 55 heavy (non-hydrogen) atoms. The highest BCUT2D eigenvalue weighted by atomic mass is 32.1. The fourth-order valence-corrected chi connectivity index (χ4v) is 9.16. The molecule has 0 unspecified atom stereocenters. The van der Waals surface area contributed by atoms with Crippen LogP contribution in [0.25, 0.3) is 53.2 Å². The van der Waals surface area contributed by atoms with E-state index in [1.54, 1.807) is 0 Å². The van der Waals surface area contributed by atoms with Crippen molar-refractivity contribution in [2.75, 3.05) is 9.80 Å². The summed E-state index contributed by atoms with van der Waals surface area (Å²) in [6.07, 6.45) is 0. The first kappa shape index (κ1) is 32.7. The first-order chi connectivity index (χ1) is 27.3. The Hall–Kier alpha value is -6.94. The Labute approximate surface area is 325 Å². The van der Waals surface area contributed by atoms with Crippen molar-refractivity contribution in [2.24, 2.45) is 0 Å². The van der Waals surface area contributed by atoms with E-state index >= 15 is 0 Å². The topological polar surface area (TPSA) is 6.48 Å². The summed E-state index contributed by atoms with van der Waals surface area (Å²) in [5.41, 5.74) is 10.5. The number of benzene rings is 9. The highest BCUT2D eigenvalue weighted by molar-refractivity contribution is 7.23. The van der Waals surface area contributed by atoms with E-state index in [1.807, 2.05) is 11.3 Å². The van der Waals surface area contributed by atoms with Crippen LogP contribution in [-0.2, 0) is 0 Å². The maximum absolute atomic E-state index is 2.45. The molecule has 0 N–H and O–H groups in total. The summed E-state index contributed by atoms with van der Waals surface area (Å²) in [5.74, 6) is 0. The zero-order valence-corrected chi connectivity index (χ0v) is 30.9. The van der Waals surface area contributed by atoms with Gasteiger partial charge in [0.25, 0.3) is 0 Å². The minimum atomic E-state index is 1.12. The molecule has 2 nitrogen and oxygen atoms in total. The van der Waals surface area contributed by atoms with Crippen molar-refractivity contribution >= 4 is 77.1 Å². The first-order valence-electron chi connectivity index (χ1n) is 18.7. The lowest BCUT2D eigenvalue weighted by Gasteiger charge is -2.28. The molecule has 0 fully saturated rings. The highest BCUT2D eigenvalue weighted by Gasteiger charge is 2.22. The van der Waals surface area contributed by atoms with Gasteiger partial charge in [0, 0.05) is 54.0 Å². The molecule has 10 aromatic rings. The molecule has 0 amide bonds. The third-order valence-electron chi connectivity index (χ3n) is 10.4. The fourth-order valence-electron chi connectivity index (χ4n) is 7.90. The van der Waals surface area contributed by atoms with Crippen molar-refractivity contribution in [1.29, 1.82) is 0 Å². The summed E-state index contributed by atoms with van der Waals surface area (Å²) >= 11 is 1.87. The summed E-state index contributed by atoms with van der Waals surface area (Å²) in [6, 6.07) is 78.7. The number of anilines is 6. The lowest BCUT2D eigenvalue weighted by Crippen LogP contribution is -2.11. The van der Waals surface area contributed by atoms with Crippen molar-refractivity contribution in [2.45, 2.75) is 0 Å². The minimum Gasteiger partial charge on any atom is -0.311 e. The molecule has 1 heterocycles. The fraction of sp³-hybridized carbons (Fsp3) is 0. The number of para-hydroxylation sites is 2. The largest absolute Gasteiger partial charge is 0.311 e. The number of thiophene rings is 1. The quantitative estimate of drug-likeness (QED) is 0.154. The zero-order chi connectivity index (χ0) is 36.6. The van der Waals surface area contributed by atoms with Gasteiger partial charge in [0.2, 0.25) is 0 Å². The smallest absolute Gasteiger partial charge is 0.0540 e. The molecule has 0 atom stereocenters. The summed E-state index contributed by atoms with van der Waals surface area (Å²) in [6.45, 7) is 0. The summed E-state index contributed by atoms with van der Waals surface area (Å²) < 4.78 is 1.25. The predicted molar refractivity (Wildman–Crippen MR) is 237 cm³/mol. The number of rotatable bonds is 8. The third kappa shape index (κ3) is 6.01. The standard InChI is InChI=1S/C52H36N2S/c1-4-18-39(19-5-1)51-47-35-34-44(54(48-28-14-20-37-16-10-12-26-45(37)48)49-29-15-21-38-17-11-13-27-46(38)49)36-50(47)55-52(51)40-30-32-43(33-31-40)53(41-22-6-2-7-23-41)42-24-8-3-9-25-42/h1-36H. The summed E-state index contributed by atoms with van der Waals surface area (Å²) in [4.78, 5) is 6.02. The molecule has 0 aliphatic carbocycles. The SMILES string of the molecule is c1ccc(-c2c(-c3ccc(N(c4ccccc4)c4ccccc4)cc3)sc3cc(N(c4cccc5ccccc45)c4cccc5ccccc45)ccc23)cc1. The monoisotopic (exact) mass is 720 g/mol. The van der Waals surface area contributed by atoms with Crippen LogP contribution in [-0.4, -0.2) is 0 Å². The van der Waals surface area contributed by atoms with E-state index in [2.05, 4.69) is 228 Å². The Morgan fingerprint density at radius 3 is 1.36 bits per heavy atom. The van der Waals surface area contributed by atoms with Gasteiger partial charge in [-0.2, -0.15) is 0 Å². The van der Waals surface area contributed by atoms with Crippen LogP contribution < -0.4 is 9.80 Å². The van der Waals surface area contributed by atoms with Crippen molar-refractivity contribution in [1.82, 2.24) is 0 Å². The van der Waals surface area contributed by atoms with Gasteiger partial charge in [-0.1, -0.05) is 158 Å². The van der Waals surface area contributed by atoms with E-state index in [0.717, 1.165) is 34.1 Å². The Kier molecular flexibility index (Phi) is 8.40. The number of hydrogen-bond donors (Lipinski definition) is 0. The van der Waals surface area contributed by atoms with Gasteiger partial charge < -0.3 is 9.80 Å². The number of fused-ring (bicyclic) bond motifs is 3. The van der Waals surface area contributed by atoms with Gasteiger partial charge >= 0.3 is 0 Å². The van der Waals surface area contributed by atoms with Crippen LogP contribution in [0, 0.1) is 0 Å². The lowest BCUT2D eigenvalue weighted by atomic mass is 9.98. The van der Waals surface area contributed by atoms with Crippen LogP contribution in [0.15, 0.2) is 218 Å². The molecule has 3 heteroatoms. The van der Waals surface area contributed by atoms with Crippen LogP contribution in [0.2, 0.25) is 0 Å². The molecular formula is C52H36N2S. The average molecular weight is 721 g/mol. The van der Waals surface area contributed by atoms with Crippen LogP contribution in [0.5, 0.6) is 0 Å². The highest BCUT2D eigenvalue weighted by Crippen LogP contribution is 2.49. The molecule has 260 valence electrons. The van der Waals surface area contributed by atoms with Crippen LogP contribution in [0.3, 0.4) is 0 Å². The summed E-state index contributed by atoms with van der Waals surface area (Å²) in [5, 5.41) is 6.13. The van der Waals surface area contributed by atoms with E-state index < -0.39 is 0 Å². The van der Waals surface area contributed by atoms with Gasteiger partial charge in [-0.05, 0) is 82.6 Å². The maximum atomic E-state index is 2.45. The maximum Gasteiger partial charge on any atom is 0.0540 e. The van der Waals surface area contributed by atoms with Gasteiger partial charge in [-0.3, -0.25) is 0 Å². The van der Waals surface area contributed by atoms with Crippen LogP contribution in [0.4, 0.5) is 34.1 Å². The second-order valence-electron chi connectivity index (χ2n) is 13.7. The second kappa shape index (κ2) is 14.1. The van der Waals surface area contributed by atoms with Crippen LogP contribution in [0.1, 0.15) is 0 Å². The Bertz CT molecular complexity index is 2790. The Morgan fingerprint density at radius 1 is 0.309 bits per heavy atom. The molecule has 1 aromatic heterocycles. The van der Waals surface area contributed by atoms with E-state index in [4.69, 9.17) is 0 Å². The molecule has 10 rings (SSSR count). The van der Waals surface area contributed by atoms with Gasteiger partial charge in [-0.15, -0.1) is 11.3 Å². The molecular weight excluding hydrogens is 685 g/mol. The van der Waals surface area contributed by atoms with Gasteiger partial charge in [0.15, 0.2) is 0 Å². The minimum absolute atomic E-state index is 1.12. The molecule has 0 aliphatic rings. The lowest BCUT2D eigenvalue weighted by molar-refractivity contribution is 1.28. The van der Waals surface area contributed by atoms with Crippen molar-refractivity contribution in [3.8, 4) is 21.6 Å². The third-order valence-corrected chi connectivity index (χ3v) is 11.6. The van der Waals surface area contributed by atoms with Crippen LogP contribution >= 0.6 is 11.3 Å². The van der Waals surface area contributed by atoms with Gasteiger partial charge in [0.05, 0.1) is 11.4 Å². The Balaban J connectivity index is 1.15. The van der Waals surface area contributed by atoms with Gasteiger partial charge in [-0.25, -0.2) is 0 Å². The van der Waals surface area contributed by atoms with Crippen molar-refractivity contribution in [3.05, 3.63) is 218 Å². The van der Waals surface area contributed by atoms with Crippen molar-refractivity contribution < 1.29 is 0 Å². The van der Waals surface area contributed by atoms with Crippen molar-refractivity contribution in [3.63, 3.8) is 0 Å². The molecule has 0 saturated heterocycles. The van der Waals surface area contributed by atoms with E-state index in [0.29, 0.717) is 0 Å². The zero-order valence-electron chi connectivity index (χ0n) is 30.1. The van der Waals surface area contributed by atoms with Gasteiger partial charge in [0.1, 0.15) is 0 Å². The number of nitrogens with zero attached hydrogens (tertiary/aromatic N) is 2. The van der Waals surface area contributed by atoms with E-state index in [-0.39, 0.29) is 0 Å². The van der Waals surface area contributed by atoms with E-state index in [1.165, 1.54) is 53.2 Å². The molecule has 9 aromatic carbocycles.